The molecule has 0 aromatic rings. The van der Waals surface area contributed by atoms with Gasteiger partial charge in [-0.05, 0) is 20.3 Å². The summed E-state index contributed by atoms with van der Waals surface area (Å²) in [4.78, 5) is 10.9. The molecule has 0 bridgehead atoms. The summed E-state index contributed by atoms with van der Waals surface area (Å²) >= 11 is 0. The van der Waals surface area contributed by atoms with Crippen LogP contribution < -0.4 is 0 Å². The number of esters is 1. The molecule has 0 N–H and O–H groups in total. The molecule has 0 unspecified atom stereocenters. The maximum Gasteiger partial charge on any atom is 0.306 e. The third kappa shape index (κ3) is 7.37. The number of hydrogen-bond donors (Lipinski definition) is 0. The quantitative estimate of drug-likeness (QED) is 0.453. The molecule has 0 aromatic carbocycles. The fraction of sp³-hybridized carbons (Fsp3) is 0.778. The van der Waals surface area contributed by atoms with E-state index in [1.807, 2.05) is 0 Å². The summed E-state index contributed by atoms with van der Waals surface area (Å²) in [5, 5.41) is 0. The van der Waals surface area contributed by atoms with Crippen LogP contribution in [-0.2, 0) is 9.53 Å². The normalized spacial score (nSPS) is 10.2. The van der Waals surface area contributed by atoms with Crippen molar-refractivity contribution in [3.8, 4) is 0 Å². The maximum atomic E-state index is 10.9. The van der Waals surface area contributed by atoms with Crippen molar-refractivity contribution in [2.24, 2.45) is 0 Å². The zero-order chi connectivity index (χ0) is 8.69. The van der Waals surface area contributed by atoms with E-state index in [1.165, 1.54) is 0 Å². The van der Waals surface area contributed by atoms with Crippen molar-refractivity contribution in [1.82, 2.24) is 0 Å². The van der Waals surface area contributed by atoms with Gasteiger partial charge in [0.05, 0.1) is 0 Å². The standard InChI is InChI=1S/C9H17O2/c1-4-5-6-7-9(10)11-8(2)3/h4-7H2,1-3H3. The Hall–Kier alpha value is -0.530. The van der Waals surface area contributed by atoms with Crippen molar-refractivity contribution in [1.29, 1.82) is 0 Å². The minimum Gasteiger partial charge on any atom is -0.455 e. The number of ether oxygens (including phenoxy) is 1. The van der Waals surface area contributed by atoms with Gasteiger partial charge in [-0.1, -0.05) is 19.8 Å². The predicted octanol–water partition coefficient (Wildman–Crippen LogP) is 2.68. The minimum absolute atomic E-state index is 0.0987. The molecule has 0 amide bonds. The zero-order valence-corrected chi connectivity index (χ0v) is 7.64. The van der Waals surface area contributed by atoms with Crippen LogP contribution in [0.25, 0.3) is 0 Å². The summed E-state index contributed by atoms with van der Waals surface area (Å²) in [5.41, 5.74) is 0. The van der Waals surface area contributed by atoms with Gasteiger partial charge in [0.1, 0.15) is 6.10 Å². The first-order valence-electron chi connectivity index (χ1n) is 4.17. The predicted molar refractivity (Wildman–Crippen MR) is 44.8 cm³/mol. The molecule has 0 fully saturated rings. The maximum absolute atomic E-state index is 10.9. The SMILES string of the molecule is CCCCCC(=O)O[C](C)C. The number of carbonyl (C=O) groups excluding carboxylic acids is 1. The zero-order valence-electron chi connectivity index (χ0n) is 7.64. The number of carbonyl (C=O) groups is 1. The second-order valence-corrected chi connectivity index (χ2v) is 2.84. The van der Waals surface area contributed by atoms with E-state index >= 15 is 0 Å². The Morgan fingerprint density at radius 2 is 1.91 bits per heavy atom. The Morgan fingerprint density at radius 3 is 2.36 bits per heavy atom. The molecule has 0 saturated heterocycles. The monoisotopic (exact) mass is 157 g/mol. The second kappa shape index (κ2) is 6.20. The summed E-state index contributed by atoms with van der Waals surface area (Å²) in [7, 11) is 0. The van der Waals surface area contributed by atoms with E-state index in [-0.39, 0.29) is 5.97 Å². The van der Waals surface area contributed by atoms with Crippen LogP contribution in [0.5, 0.6) is 0 Å². The highest BCUT2D eigenvalue weighted by Gasteiger charge is 2.04. The van der Waals surface area contributed by atoms with Crippen LogP contribution in [0.15, 0.2) is 0 Å². The van der Waals surface area contributed by atoms with Crippen LogP contribution in [0, 0.1) is 6.10 Å². The van der Waals surface area contributed by atoms with Crippen molar-refractivity contribution < 1.29 is 9.53 Å². The largest absolute Gasteiger partial charge is 0.455 e. The number of rotatable bonds is 5. The van der Waals surface area contributed by atoms with Gasteiger partial charge in [0, 0.05) is 6.42 Å². The molecular formula is C9H17O2. The molecule has 0 aromatic heterocycles. The summed E-state index contributed by atoms with van der Waals surface area (Å²) < 4.78 is 4.87. The molecule has 0 aliphatic heterocycles. The lowest BCUT2D eigenvalue weighted by Gasteiger charge is -2.05. The molecule has 2 heteroatoms. The molecule has 1 radical (unpaired) electrons. The first kappa shape index (κ1) is 10.5. The van der Waals surface area contributed by atoms with E-state index in [0.717, 1.165) is 25.4 Å². The van der Waals surface area contributed by atoms with Gasteiger partial charge in [0.25, 0.3) is 0 Å². The van der Waals surface area contributed by atoms with E-state index < -0.39 is 0 Å². The highest BCUT2D eigenvalue weighted by molar-refractivity contribution is 5.69. The highest BCUT2D eigenvalue weighted by atomic mass is 16.5. The Balaban J connectivity index is 3.23. The Bertz CT molecular complexity index is 108. The van der Waals surface area contributed by atoms with Gasteiger partial charge in [-0.25, -0.2) is 0 Å². The molecule has 0 atom stereocenters. The van der Waals surface area contributed by atoms with Gasteiger partial charge < -0.3 is 4.74 Å². The lowest BCUT2D eigenvalue weighted by molar-refractivity contribution is -0.142. The van der Waals surface area contributed by atoms with E-state index in [1.54, 1.807) is 13.8 Å². The van der Waals surface area contributed by atoms with Crippen LogP contribution in [0.3, 0.4) is 0 Å². The Kier molecular flexibility index (Phi) is 5.90. The van der Waals surface area contributed by atoms with Crippen LogP contribution in [0.4, 0.5) is 0 Å². The first-order valence-corrected chi connectivity index (χ1v) is 4.17. The molecule has 0 spiro atoms. The van der Waals surface area contributed by atoms with Crippen molar-refractivity contribution in [3.05, 3.63) is 6.10 Å². The summed E-state index contributed by atoms with van der Waals surface area (Å²) in [5.74, 6) is -0.0987. The van der Waals surface area contributed by atoms with Crippen LogP contribution >= 0.6 is 0 Å². The van der Waals surface area contributed by atoms with Crippen LogP contribution in [-0.4, -0.2) is 5.97 Å². The average Bonchev–Trinajstić information content (AvgIpc) is 1.86. The highest BCUT2D eigenvalue weighted by Crippen LogP contribution is 2.04. The van der Waals surface area contributed by atoms with Gasteiger partial charge >= 0.3 is 5.97 Å². The van der Waals surface area contributed by atoms with Gasteiger partial charge in [0.15, 0.2) is 0 Å². The van der Waals surface area contributed by atoms with Gasteiger partial charge in [-0.2, -0.15) is 0 Å². The first-order chi connectivity index (χ1) is 5.16. The molecule has 0 rings (SSSR count). The summed E-state index contributed by atoms with van der Waals surface area (Å²) in [6, 6.07) is 0. The lowest BCUT2D eigenvalue weighted by atomic mass is 10.2. The smallest absolute Gasteiger partial charge is 0.306 e. The van der Waals surface area contributed by atoms with Crippen molar-refractivity contribution in [3.63, 3.8) is 0 Å². The van der Waals surface area contributed by atoms with Crippen LogP contribution in [0.1, 0.15) is 46.5 Å². The van der Waals surface area contributed by atoms with E-state index in [4.69, 9.17) is 4.74 Å². The molecule has 0 aliphatic carbocycles. The van der Waals surface area contributed by atoms with E-state index in [9.17, 15) is 4.79 Å². The molecule has 65 valence electrons. The topological polar surface area (TPSA) is 26.3 Å². The second-order valence-electron chi connectivity index (χ2n) is 2.84. The fourth-order valence-electron chi connectivity index (χ4n) is 0.798. The molecular weight excluding hydrogens is 140 g/mol. The van der Waals surface area contributed by atoms with Crippen LogP contribution in [0.2, 0.25) is 0 Å². The van der Waals surface area contributed by atoms with Gasteiger partial charge in [-0.3, -0.25) is 4.79 Å². The van der Waals surface area contributed by atoms with Crippen molar-refractivity contribution in [2.75, 3.05) is 0 Å². The lowest BCUT2D eigenvalue weighted by Crippen LogP contribution is -2.05. The molecule has 11 heavy (non-hydrogen) atoms. The van der Waals surface area contributed by atoms with E-state index in [2.05, 4.69) is 6.92 Å². The molecule has 2 nitrogen and oxygen atoms in total. The molecule has 0 saturated carbocycles. The Labute approximate surface area is 68.9 Å². The average molecular weight is 157 g/mol. The number of unbranched alkanes of at least 4 members (excludes halogenated alkanes) is 2. The van der Waals surface area contributed by atoms with Gasteiger partial charge in [-0.15, -0.1) is 0 Å². The third-order valence-corrected chi connectivity index (χ3v) is 1.30. The van der Waals surface area contributed by atoms with Gasteiger partial charge in [0.2, 0.25) is 0 Å². The fourth-order valence-corrected chi connectivity index (χ4v) is 0.798. The Morgan fingerprint density at radius 1 is 1.27 bits per heavy atom. The molecule has 0 heterocycles. The van der Waals surface area contributed by atoms with Crippen molar-refractivity contribution in [2.45, 2.75) is 46.5 Å². The van der Waals surface area contributed by atoms with Crippen molar-refractivity contribution >= 4 is 5.97 Å². The number of hydrogen-bond acceptors (Lipinski definition) is 2. The summed E-state index contributed by atoms with van der Waals surface area (Å²) in [6.07, 6.45) is 4.48. The minimum atomic E-state index is -0.0987. The third-order valence-electron chi connectivity index (χ3n) is 1.30. The summed E-state index contributed by atoms with van der Waals surface area (Å²) in [6.45, 7) is 5.69. The van der Waals surface area contributed by atoms with E-state index in [0.29, 0.717) is 6.42 Å². The molecule has 0 aliphatic rings.